The quantitative estimate of drug-likeness (QED) is 0.613. The van der Waals surface area contributed by atoms with Gasteiger partial charge in [0, 0.05) is 24.0 Å². The van der Waals surface area contributed by atoms with Crippen molar-refractivity contribution >= 4 is 17.6 Å². The summed E-state index contributed by atoms with van der Waals surface area (Å²) in [5.41, 5.74) is 6.98. The number of amides is 1. The van der Waals surface area contributed by atoms with Gasteiger partial charge in [0.05, 0.1) is 11.3 Å². The molecule has 3 rings (SSSR count). The lowest BCUT2D eigenvalue weighted by atomic mass is 10.1. The maximum absolute atomic E-state index is 12.4. The Hall–Kier alpha value is -3.78. The van der Waals surface area contributed by atoms with Gasteiger partial charge in [0.15, 0.2) is 0 Å². The van der Waals surface area contributed by atoms with Crippen molar-refractivity contribution in [3.05, 3.63) is 77.6 Å². The minimum atomic E-state index is -1.07. The molecule has 136 valence electrons. The number of aromatic carboxylic acids is 1. The van der Waals surface area contributed by atoms with Gasteiger partial charge in [0.25, 0.3) is 5.91 Å². The fourth-order valence-electron chi connectivity index (χ4n) is 2.28. The second-order valence-corrected chi connectivity index (χ2v) is 5.50. The number of nitrogens with zero attached hydrogens (tertiary/aromatic N) is 2. The second-order valence-electron chi connectivity index (χ2n) is 5.50. The number of ether oxygens (including phenoxy) is 1. The summed E-state index contributed by atoms with van der Waals surface area (Å²) in [6.07, 6.45) is 1.54. The molecular weight excluding hydrogens is 348 g/mol. The Morgan fingerprint density at radius 3 is 2.63 bits per heavy atom. The largest absolute Gasteiger partial charge is 0.478 e. The minimum absolute atomic E-state index is 0.0850. The predicted molar refractivity (Wildman–Crippen MR) is 97.8 cm³/mol. The smallest absolute Gasteiger partial charge is 0.335 e. The normalized spacial score (nSPS) is 10.3. The lowest BCUT2D eigenvalue weighted by Crippen LogP contribution is -2.12. The van der Waals surface area contributed by atoms with Crippen LogP contribution in [0.2, 0.25) is 0 Å². The molecule has 0 spiro atoms. The molecule has 0 aliphatic rings. The molecule has 0 fully saturated rings. The molecule has 8 heteroatoms. The number of carboxylic acids is 1. The predicted octanol–water partition coefficient (Wildman–Crippen LogP) is 2.68. The number of carbonyl (C=O) groups excluding carboxylic acids is 1. The molecule has 27 heavy (non-hydrogen) atoms. The molecule has 3 aromatic rings. The molecule has 1 heterocycles. The number of hydrogen-bond acceptors (Lipinski definition) is 6. The first-order valence-corrected chi connectivity index (χ1v) is 8.00. The van der Waals surface area contributed by atoms with E-state index in [0.717, 1.165) is 0 Å². The highest BCUT2D eigenvalue weighted by atomic mass is 16.5. The van der Waals surface area contributed by atoms with Gasteiger partial charge in [0.2, 0.25) is 0 Å². The third-order valence-electron chi connectivity index (χ3n) is 3.57. The van der Waals surface area contributed by atoms with Gasteiger partial charge in [-0.05, 0) is 42.5 Å². The van der Waals surface area contributed by atoms with Crippen molar-refractivity contribution in [2.75, 3.05) is 5.32 Å². The van der Waals surface area contributed by atoms with Crippen LogP contribution >= 0.6 is 0 Å². The second kappa shape index (κ2) is 8.07. The summed E-state index contributed by atoms with van der Waals surface area (Å²) in [6, 6.07) is 14.3. The van der Waals surface area contributed by atoms with E-state index in [4.69, 9.17) is 15.6 Å². The number of carboxylic acid groups (broad SMARTS) is 1. The van der Waals surface area contributed by atoms with Gasteiger partial charge < -0.3 is 20.9 Å². The minimum Gasteiger partial charge on any atom is -0.478 e. The van der Waals surface area contributed by atoms with Crippen molar-refractivity contribution in [1.82, 2.24) is 9.97 Å². The molecule has 1 aromatic heterocycles. The summed E-state index contributed by atoms with van der Waals surface area (Å²) in [6.45, 7) is 0.261. The number of nitrogens with one attached hydrogen (secondary N) is 1. The Morgan fingerprint density at radius 1 is 1.07 bits per heavy atom. The zero-order valence-corrected chi connectivity index (χ0v) is 14.1. The van der Waals surface area contributed by atoms with Gasteiger partial charge in [-0.15, -0.1) is 0 Å². The van der Waals surface area contributed by atoms with E-state index < -0.39 is 11.9 Å². The number of rotatable bonds is 6. The molecule has 0 unspecified atom stereocenters. The van der Waals surface area contributed by atoms with Gasteiger partial charge >= 0.3 is 12.0 Å². The van der Waals surface area contributed by atoms with E-state index in [1.54, 1.807) is 36.4 Å². The first kappa shape index (κ1) is 18.0. The number of anilines is 1. The van der Waals surface area contributed by atoms with Crippen molar-refractivity contribution in [3.63, 3.8) is 0 Å². The van der Waals surface area contributed by atoms with Gasteiger partial charge in [-0.3, -0.25) is 4.79 Å². The van der Waals surface area contributed by atoms with Crippen LogP contribution in [0.15, 0.2) is 60.8 Å². The van der Waals surface area contributed by atoms with Crippen LogP contribution in [0.1, 0.15) is 26.4 Å². The van der Waals surface area contributed by atoms with E-state index in [0.29, 0.717) is 22.7 Å². The molecule has 0 atom stereocenters. The van der Waals surface area contributed by atoms with E-state index in [-0.39, 0.29) is 18.1 Å². The lowest BCUT2D eigenvalue weighted by Gasteiger charge is -2.08. The van der Waals surface area contributed by atoms with Gasteiger partial charge in [-0.1, -0.05) is 12.1 Å². The summed E-state index contributed by atoms with van der Waals surface area (Å²) in [4.78, 5) is 31.6. The Bertz CT molecular complexity index is 991. The van der Waals surface area contributed by atoms with Crippen molar-refractivity contribution in [2.24, 2.45) is 5.73 Å². The fourth-order valence-corrected chi connectivity index (χ4v) is 2.28. The first-order chi connectivity index (χ1) is 13.0. The highest BCUT2D eigenvalue weighted by Crippen LogP contribution is 2.20. The van der Waals surface area contributed by atoms with E-state index in [1.165, 1.54) is 24.4 Å². The fraction of sp³-hybridized carbons (Fsp3) is 0.0526. The summed E-state index contributed by atoms with van der Waals surface area (Å²) >= 11 is 0. The Morgan fingerprint density at radius 2 is 1.85 bits per heavy atom. The Labute approximate surface area is 154 Å². The Kier molecular flexibility index (Phi) is 5.38. The zero-order chi connectivity index (χ0) is 19.2. The average molecular weight is 364 g/mol. The zero-order valence-electron chi connectivity index (χ0n) is 14.1. The highest BCUT2D eigenvalue weighted by molar-refractivity contribution is 6.05. The van der Waals surface area contributed by atoms with Crippen molar-refractivity contribution in [1.29, 1.82) is 0 Å². The summed E-state index contributed by atoms with van der Waals surface area (Å²) < 4.78 is 5.58. The molecule has 8 nitrogen and oxygen atoms in total. The average Bonchev–Trinajstić information content (AvgIpc) is 2.68. The molecule has 0 saturated carbocycles. The van der Waals surface area contributed by atoms with Crippen LogP contribution in [-0.2, 0) is 6.54 Å². The van der Waals surface area contributed by atoms with E-state index in [2.05, 4.69) is 15.3 Å². The summed E-state index contributed by atoms with van der Waals surface area (Å²) in [7, 11) is 0. The molecular formula is C19H16N4O4. The van der Waals surface area contributed by atoms with Crippen LogP contribution in [0.25, 0.3) is 0 Å². The van der Waals surface area contributed by atoms with Crippen molar-refractivity contribution < 1.29 is 19.4 Å². The third kappa shape index (κ3) is 4.65. The standard InChI is InChI=1S/C19H16N4O4/c20-11-15-7-8-21-19(23-15)27-16-6-2-3-12(10-16)17(24)22-14-5-1-4-13(9-14)18(25)26/h1-10H,11,20H2,(H,22,24)(H,25,26). The van der Waals surface area contributed by atoms with Crippen LogP contribution in [-0.4, -0.2) is 27.0 Å². The third-order valence-corrected chi connectivity index (χ3v) is 3.57. The van der Waals surface area contributed by atoms with Crippen LogP contribution in [0.3, 0.4) is 0 Å². The topological polar surface area (TPSA) is 127 Å². The molecule has 1 amide bonds. The first-order valence-electron chi connectivity index (χ1n) is 8.00. The van der Waals surface area contributed by atoms with Crippen molar-refractivity contribution in [3.8, 4) is 11.8 Å². The molecule has 0 bridgehead atoms. The summed E-state index contributed by atoms with van der Waals surface area (Å²) in [5.74, 6) is -1.09. The number of carbonyl (C=O) groups is 2. The molecule has 4 N–H and O–H groups in total. The molecule has 0 saturated heterocycles. The lowest BCUT2D eigenvalue weighted by molar-refractivity contribution is 0.0696. The number of hydrogen-bond donors (Lipinski definition) is 3. The van der Waals surface area contributed by atoms with Crippen molar-refractivity contribution in [2.45, 2.75) is 6.54 Å². The van der Waals surface area contributed by atoms with Gasteiger partial charge in [-0.2, -0.15) is 4.98 Å². The SMILES string of the molecule is NCc1ccnc(Oc2cccc(C(=O)Nc3cccc(C(=O)O)c3)c2)n1. The number of benzene rings is 2. The van der Waals surface area contributed by atoms with Crippen LogP contribution in [0.5, 0.6) is 11.8 Å². The van der Waals surface area contributed by atoms with Crippen LogP contribution in [0, 0.1) is 0 Å². The molecule has 0 radical (unpaired) electrons. The number of nitrogens with two attached hydrogens (primary N) is 1. The monoisotopic (exact) mass is 364 g/mol. The van der Waals surface area contributed by atoms with E-state index in [1.807, 2.05) is 0 Å². The number of aromatic nitrogens is 2. The highest BCUT2D eigenvalue weighted by Gasteiger charge is 2.10. The van der Waals surface area contributed by atoms with Gasteiger partial charge in [0.1, 0.15) is 5.75 Å². The van der Waals surface area contributed by atoms with E-state index >= 15 is 0 Å². The van der Waals surface area contributed by atoms with Crippen LogP contribution in [0.4, 0.5) is 5.69 Å². The molecule has 2 aromatic carbocycles. The molecule has 0 aliphatic carbocycles. The van der Waals surface area contributed by atoms with Gasteiger partial charge in [-0.25, -0.2) is 9.78 Å². The Balaban J connectivity index is 1.75. The summed E-state index contributed by atoms with van der Waals surface area (Å²) in [5, 5.41) is 11.7. The van der Waals surface area contributed by atoms with Crippen LogP contribution < -0.4 is 15.8 Å². The maximum atomic E-state index is 12.4. The maximum Gasteiger partial charge on any atom is 0.335 e. The van der Waals surface area contributed by atoms with E-state index in [9.17, 15) is 9.59 Å². The molecule has 0 aliphatic heterocycles.